The van der Waals surface area contributed by atoms with E-state index in [1.54, 1.807) is 12.1 Å². The average Bonchev–Trinajstić information content (AvgIpc) is 2.49. The van der Waals surface area contributed by atoms with Crippen molar-refractivity contribution >= 4 is 22.6 Å². The normalized spacial score (nSPS) is 34.9. The van der Waals surface area contributed by atoms with E-state index < -0.39 is 0 Å². The minimum absolute atomic E-state index is 0.113. The zero-order chi connectivity index (χ0) is 13.9. The van der Waals surface area contributed by atoms with Crippen molar-refractivity contribution in [1.29, 1.82) is 0 Å². The van der Waals surface area contributed by atoms with Gasteiger partial charge in [0.1, 0.15) is 5.82 Å². The fourth-order valence-corrected chi connectivity index (χ4v) is 4.93. The Morgan fingerprint density at radius 3 is 1.80 bits per heavy atom. The van der Waals surface area contributed by atoms with Crippen molar-refractivity contribution in [3.05, 3.63) is 35.6 Å². The zero-order valence-corrected chi connectivity index (χ0v) is 14.2. The van der Waals surface area contributed by atoms with E-state index >= 15 is 0 Å². The second-order valence-corrected chi connectivity index (χ2v) is 8.44. The summed E-state index contributed by atoms with van der Waals surface area (Å²) in [5.74, 6) is 2.52. The van der Waals surface area contributed by atoms with Gasteiger partial charge in [-0.15, -0.1) is 0 Å². The molecule has 2 saturated carbocycles. The Hall–Kier alpha value is -0.120. The van der Waals surface area contributed by atoms with Gasteiger partial charge in [0.05, 0.1) is 0 Å². The van der Waals surface area contributed by atoms with E-state index in [2.05, 4.69) is 22.6 Å². The first kappa shape index (κ1) is 14.8. The summed E-state index contributed by atoms with van der Waals surface area (Å²) in [6, 6.07) is 7.20. The monoisotopic (exact) mass is 386 g/mol. The minimum Gasteiger partial charge on any atom is -0.207 e. The van der Waals surface area contributed by atoms with Crippen LogP contribution in [0.15, 0.2) is 24.3 Å². The molecule has 0 aromatic heterocycles. The van der Waals surface area contributed by atoms with Crippen LogP contribution in [0.2, 0.25) is 0 Å². The Bertz CT molecular complexity index is 412. The first-order valence-corrected chi connectivity index (χ1v) is 9.36. The Balaban J connectivity index is 1.53. The van der Waals surface area contributed by atoms with Gasteiger partial charge in [0.25, 0.3) is 0 Å². The van der Waals surface area contributed by atoms with Gasteiger partial charge >= 0.3 is 0 Å². The molecular weight excluding hydrogens is 362 g/mol. The van der Waals surface area contributed by atoms with Crippen LogP contribution in [0, 0.1) is 17.7 Å². The molecule has 0 radical (unpaired) electrons. The smallest absolute Gasteiger partial charge is 0.123 e. The van der Waals surface area contributed by atoms with E-state index in [0.29, 0.717) is 5.92 Å². The molecular formula is C18H24FI. The molecule has 0 spiro atoms. The molecule has 0 heterocycles. The van der Waals surface area contributed by atoms with Gasteiger partial charge in [0.15, 0.2) is 0 Å². The average molecular weight is 386 g/mol. The van der Waals surface area contributed by atoms with Crippen molar-refractivity contribution in [2.75, 3.05) is 0 Å². The van der Waals surface area contributed by atoms with E-state index in [9.17, 15) is 4.39 Å². The molecule has 0 amide bonds. The third kappa shape index (κ3) is 3.55. The highest BCUT2D eigenvalue weighted by atomic mass is 127. The number of rotatable bonds is 2. The third-order valence-electron chi connectivity index (χ3n) is 5.48. The van der Waals surface area contributed by atoms with Gasteiger partial charge in [-0.25, -0.2) is 4.39 Å². The van der Waals surface area contributed by atoms with Gasteiger partial charge in [0.2, 0.25) is 0 Å². The maximum Gasteiger partial charge on any atom is 0.123 e. The summed E-state index contributed by atoms with van der Waals surface area (Å²) >= 11 is 2.62. The molecule has 0 atom stereocenters. The van der Waals surface area contributed by atoms with E-state index in [4.69, 9.17) is 0 Å². The quantitative estimate of drug-likeness (QED) is 0.426. The van der Waals surface area contributed by atoms with E-state index in [1.165, 1.54) is 56.9 Å². The van der Waals surface area contributed by atoms with Crippen LogP contribution < -0.4 is 0 Å². The molecule has 2 heteroatoms. The summed E-state index contributed by atoms with van der Waals surface area (Å²) in [5, 5.41) is 0. The summed E-state index contributed by atoms with van der Waals surface area (Å²) in [4.78, 5) is 0. The maximum atomic E-state index is 13.0. The summed E-state index contributed by atoms with van der Waals surface area (Å²) in [6.07, 6.45) is 11.2. The van der Waals surface area contributed by atoms with Gasteiger partial charge in [-0.2, -0.15) is 0 Å². The number of halogens is 2. The molecule has 2 fully saturated rings. The number of benzene rings is 1. The maximum absolute atomic E-state index is 13.0. The number of alkyl halides is 1. The van der Waals surface area contributed by atoms with Crippen molar-refractivity contribution in [3.8, 4) is 0 Å². The molecule has 0 unspecified atom stereocenters. The molecule has 20 heavy (non-hydrogen) atoms. The second-order valence-electron chi connectivity index (χ2n) is 6.68. The SMILES string of the molecule is Fc1ccc(C2CCC(C3CCC(I)CC3)CC2)cc1. The topological polar surface area (TPSA) is 0 Å². The Morgan fingerprint density at radius 2 is 1.25 bits per heavy atom. The highest BCUT2D eigenvalue weighted by molar-refractivity contribution is 14.1. The lowest BCUT2D eigenvalue weighted by Crippen LogP contribution is -2.25. The summed E-state index contributed by atoms with van der Waals surface area (Å²) in [7, 11) is 0. The van der Waals surface area contributed by atoms with Crippen LogP contribution in [0.5, 0.6) is 0 Å². The Kier molecular flexibility index (Phi) is 5.00. The van der Waals surface area contributed by atoms with Gasteiger partial charge < -0.3 is 0 Å². The van der Waals surface area contributed by atoms with E-state index in [-0.39, 0.29) is 5.82 Å². The summed E-state index contributed by atoms with van der Waals surface area (Å²) in [5.41, 5.74) is 1.35. The lowest BCUT2D eigenvalue weighted by atomic mass is 9.70. The van der Waals surface area contributed by atoms with Crippen LogP contribution in [-0.4, -0.2) is 3.92 Å². The van der Waals surface area contributed by atoms with Crippen LogP contribution >= 0.6 is 22.6 Å². The van der Waals surface area contributed by atoms with Crippen molar-refractivity contribution in [2.24, 2.45) is 11.8 Å². The highest BCUT2D eigenvalue weighted by Crippen LogP contribution is 2.43. The second kappa shape index (κ2) is 6.76. The van der Waals surface area contributed by atoms with Crippen LogP contribution in [-0.2, 0) is 0 Å². The zero-order valence-electron chi connectivity index (χ0n) is 12.0. The number of hydrogen-bond donors (Lipinski definition) is 0. The minimum atomic E-state index is -0.113. The summed E-state index contributed by atoms with van der Waals surface area (Å²) in [6.45, 7) is 0. The molecule has 3 rings (SSSR count). The van der Waals surface area contributed by atoms with Gasteiger partial charge in [-0.3, -0.25) is 0 Å². The first-order chi connectivity index (χ1) is 9.72. The van der Waals surface area contributed by atoms with Crippen LogP contribution in [0.3, 0.4) is 0 Å². The predicted octanol–water partition coefficient (Wildman–Crippen LogP) is 6.09. The predicted molar refractivity (Wildman–Crippen MR) is 90.9 cm³/mol. The molecule has 0 saturated heterocycles. The van der Waals surface area contributed by atoms with Crippen molar-refractivity contribution in [1.82, 2.24) is 0 Å². The molecule has 1 aromatic rings. The standard InChI is InChI=1S/C18H24FI/c19-17-9-5-15(6-10-17)13-1-3-14(4-2-13)16-7-11-18(20)12-8-16/h5-6,9-10,13-14,16,18H,1-4,7-8,11-12H2. The Morgan fingerprint density at radius 1 is 0.750 bits per heavy atom. The van der Waals surface area contributed by atoms with Crippen molar-refractivity contribution in [3.63, 3.8) is 0 Å². The lowest BCUT2D eigenvalue weighted by molar-refractivity contribution is 0.190. The largest absolute Gasteiger partial charge is 0.207 e. The van der Waals surface area contributed by atoms with Crippen molar-refractivity contribution < 1.29 is 4.39 Å². The number of hydrogen-bond acceptors (Lipinski definition) is 0. The first-order valence-electron chi connectivity index (χ1n) is 8.12. The fraction of sp³-hybridized carbons (Fsp3) is 0.667. The van der Waals surface area contributed by atoms with Crippen LogP contribution in [0.4, 0.5) is 4.39 Å². The van der Waals surface area contributed by atoms with Crippen LogP contribution in [0.25, 0.3) is 0 Å². The third-order valence-corrected chi connectivity index (χ3v) is 6.73. The van der Waals surface area contributed by atoms with E-state index in [0.717, 1.165) is 15.8 Å². The van der Waals surface area contributed by atoms with Gasteiger partial charge in [0, 0.05) is 3.92 Å². The van der Waals surface area contributed by atoms with Gasteiger partial charge in [-0.1, -0.05) is 34.7 Å². The molecule has 0 nitrogen and oxygen atoms in total. The molecule has 0 aliphatic heterocycles. The molecule has 0 N–H and O–H groups in total. The van der Waals surface area contributed by atoms with Gasteiger partial charge in [-0.05, 0) is 86.8 Å². The molecule has 110 valence electrons. The molecule has 2 aliphatic carbocycles. The lowest BCUT2D eigenvalue weighted by Gasteiger charge is -2.37. The van der Waals surface area contributed by atoms with E-state index in [1.807, 2.05) is 12.1 Å². The molecule has 1 aromatic carbocycles. The van der Waals surface area contributed by atoms with Crippen molar-refractivity contribution in [2.45, 2.75) is 61.2 Å². The molecule has 2 aliphatic rings. The summed E-state index contributed by atoms with van der Waals surface area (Å²) < 4.78 is 13.9. The molecule has 0 bridgehead atoms. The fourth-order valence-electron chi connectivity index (χ4n) is 4.21. The Labute approximate surface area is 135 Å². The van der Waals surface area contributed by atoms with Crippen LogP contribution in [0.1, 0.15) is 62.8 Å². The highest BCUT2D eigenvalue weighted by Gasteiger charge is 2.30.